The molecule has 21 heavy (non-hydrogen) atoms. The maximum Gasteiger partial charge on any atom is 0.248 e. The molecule has 4 rings (SSSR count). The standard InChI is InChI=1S/C15H18F2N2OS/c1-20-13(9-5-15(16,17)6-9)4-11-14-10(2-3-21-14)12-7-18-8-19(11)12/h7-9,11,13H,2-6H2,1H3/t11-,13?/m0/s1. The van der Waals surface area contributed by atoms with Gasteiger partial charge in [0, 0.05) is 30.6 Å². The summed E-state index contributed by atoms with van der Waals surface area (Å²) in [6.45, 7) is 0. The summed E-state index contributed by atoms with van der Waals surface area (Å²) in [5.74, 6) is -1.39. The highest BCUT2D eigenvalue weighted by Crippen LogP contribution is 2.53. The van der Waals surface area contributed by atoms with Gasteiger partial charge in [0.2, 0.25) is 5.92 Å². The zero-order valence-electron chi connectivity index (χ0n) is 11.9. The number of allylic oxidation sites excluding steroid dienone is 2. The van der Waals surface area contributed by atoms with E-state index in [9.17, 15) is 8.78 Å². The van der Waals surface area contributed by atoms with E-state index < -0.39 is 5.92 Å². The predicted molar refractivity (Wildman–Crippen MR) is 78.3 cm³/mol. The fraction of sp³-hybridized carbons (Fsp3) is 0.667. The zero-order valence-corrected chi connectivity index (χ0v) is 12.7. The molecule has 1 aromatic rings. The fourth-order valence-electron chi connectivity index (χ4n) is 3.83. The number of fused-ring (bicyclic) bond motifs is 2. The molecule has 2 aliphatic heterocycles. The van der Waals surface area contributed by atoms with E-state index in [0.29, 0.717) is 0 Å². The molecule has 1 unspecified atom stereocenters. The van der Waals surface area contributed by atoms with Gasteiger partial charge in [0.15, 0.2) is 0 Å². The topological polar surface area (TPSA) is 27.1 Å². The summed E-state index contributed by atoms with van der Waals surface area (Å²) in [6.07, 6.45) is 5.47. The summed E-state index contributed by atoms with van der Waals surface area (Å²) in [5, 5.41) is 0. The number of rotatable bonds is 4. The quantitative estimate of drug-likeness (QED) is 0.847. The lowest BCUT2D eigenvalue weighted by Crippen LogP contribution is -2.43. The maximum atomic E-state index is 13.1. The molecule has 6 heteroatoms. The van der Waals surface area contributed by atoms with Crippen molar-refractivity contribution in [1.29, 1.82) is 0 Å². The zero-order chi connectivity index (χ0) is 14.6. The van der Waals surface area contributed by atoms with Crippen LogP contribution in [0.15, 0.2) is 17.4 Å². The Morgan fingerprint density at radius 1 is 1.52 bits per heavy atom. The van der Waals surface area contributed by atoms with Crippen molar-refractivity contribution < 1.29 is 13.5 Å². The molecule has 3 heterocycles. The van der Waals surface area contributed by atoms with Gasteiger partial charge in [-0.25, -0.2) is 13.8 Å². The highest BCUT2D eigenvalue weighted by Gasteiger charge is 2.49. The van der Waals surface area contributed by atoms with Crippen LogP contribution in [-0.4, -0.2) is 34.4 Å². The predicted octanol–water partition coefficient (Wildman–Crippen LogP) is 3.74. The summed E-state index contributed by atoms with van der Waals surface area (Å²) >= 11 is 1.90. The second-order valence-corrected chi connectivity index (χ2v) is 7.31. The van der Waals surface area contributed by atoms with Gasteiger partial charge in [0.1, 0.15) is 0 Å². The summed E-state index contributed by atoms with van der Waals surface area (Å²) in [5.41, 5.74) is 2.60. The van der Waals surface area contributed by atoms with Crippen molar-refractivity contribution in [2.75, 3.05) is 12.9 Å². The van der Waals surface area contributed by atoms with Gasteiger partial charge in [0.25, 0.3) is 0 Å². The molecule has 1 aromatic heterocycles. The largest absolute Gasteiger partial charge is 0.381 e. The third kappa shape index (κ3) is 2.14. The lowest BCUT2D eigenvalue weighted by atomic mass is 9.76. The number of ether oxygens (including phenoxy) is 1. The molecular weight excluding hydrogens is 294 g/mol. The maximum absolute atomic E-state index is 13.1. The fourth-order valence-corrected chi connectivity index (χ4v) is 5.14. The second kappa shape index (κ2) is 4.81. The van der Waals surface area contributed by atoms with Gasteiger partial charge in [-0.2, -0.15) is 0 Å². The van der Waals surface area contributed by atoms with Crippen LogP contribution in [-0.2, 0) is 4.74 Å². The van der Waals surface area contributed by atoms with E-state index in [2.05, 4.69) is 9.55 Å². The van der Waals surface area contributed by atoms with Crippen molar-refractivity contribution in [2.24, 2.45) is 5.92 Å². The SMILES string of the molecule is COC(C[C@H]1C2=C(CCS2)c2cncn21)C1CC(F)(F)C1. The molecule has 0 bridgehead atoms. The number of aromatic nitrogens is 2. The van der Waals surface area contributed by atoms with E-state index in [4.69, 9.17) is 4.74 Å². The van der Waals surface area contributed by atoms with E-state index in [1.54, 1.807) is 7.11 Å². The first kappa shape index (κ1) is 13.8. The summed E-state index contributed by atoms with van der Waals surface area (Å²) in [6, 6.07) is 0.226. The third-order valence-corrected chi connectivity index (χ3v) is 6.16. The number of halogens is 2. The average molecular weight is 312 g/mol. The highest BCUT2D eigenvalue weighted by molar-refractivity contribution is 8.03. The monoisotopic (exact) mass is 312 g/mol. The smallest absolute Gasteiger partial charge is 0.248 e. The van der Waals surface area contributed by atoms with Crippen molar-refractivity contribution >= 4 is 17.3 Å². The normalized spacial score (nSPS) is 28.4. The average Bonchev–Trinajstić information content (AvgIpc) is 3.08. The third-order valence-electron chi connectivity index (χ3n) is 4.93. The molecule has 1 saturated carbocycles. The van der Waals surface area contributed by atoms with Crippen LogP contribution < -0.4 is 0 Å². The first-order chi connectivity index (χ1) is 10.1. The molecule has 0 spiro atoms. The van der Waals surface area contributed by atoms with Crippen molar-refractivity contribution in [1.82, 2.24) is 9.55 Å². The van der Waals surface area contributed by atoms with Crippen LogP contribution in [0.4, 0.5) is 8.78 Å². The van der Waals surface area contributed by atoms with E-state index >= 15 is 0 Å². The molecule has 3 aliphatic rings. The van der Waals surface area contributed by atoms with Crippen molar-refractivity contribution in [3.05, 3.63) is 23.1 Å². The first-order valence-electron chi connectivity index (χ1n) is 7.38. The Labute approximate surface area is 126 Å². The number of imidazole rings is 1. The van der Waals surface area contributed by atoms with Gasteiger partial charge in [-0.3, -0.25) is 0 Å². The van der Waals surface area contributed by atoms with Crippen LogP contribution in [0.1, 0.15) is 37.4 Å². The summed E-state index contributed by atoms with van der Waals surface area (Å²) in [7, 11) is 1.64. The molecule has 2 atom stereocenters. The van der Waals surface area contributed by atoms with Crippen LogP contribution in [0, 0.1) is 5.92 Å². The van der Waals surface area contributed by atoms with Crippen LogP contribution >= 0.6 is 11.8 Å². The van der Waals surface area contributed by atoms with Gasteiger partial charge in [-0.1, -0.05) is 0 Å². The molecule has 0 aromatic carbocycles. The highest BCUT2D eigenvalue weighted by atomic mass is 32.2. The molecule has 114 valence electrons. The number of hydrogen-bond donors (Lipinski definition) is 0. The lowest BCUT2D eigenvalue weighted by molar-refractivity contribution is -0.149. The van der Waals surface area contributed by atoms with Gasteiger partial charge in [-0.15, -0.1) is 11.8 Å². The Morgan fingerprint density at radius 3 is 3.05 bits per heavy atom. The first-order valence-corrected chi connectivity index (χ1v) is 8.36. The van der Waals surface area contributed by atoms with Crippen molar-refractivity contribution in [3.63, 3.8) is 0 Å². The second-order valence-electron chi connectivity index (χ2n) is 6.18. The minimum Gasteiger partial charge on any atom is -0.381 e. The van der Waals surface area contributed by atoms with Crippen LogP contribution in [0.5, 0.6) is 0 Å². The molecule has 0 amide bonds. The Bertz CT molecular complexity index is 590. The van der Waals surface area contributed by atoms with Crippen LogP contribution in [0.2, 0.25) is 0 Å². The van der Waals surface area contributed by atoms with Crippen molar-refractivity contribution in [2.45, 2.75) is 43.8 Å². The molecule has 0 saturated heterocycles. The van der Waals surface area contributed by atoms with Gasteiger partial charge in [0.05, 0.1) is 30.4 Å². The number of thioether (sulfide) groups is 1. The minimum absolute atomic E-state index is 0.0203. The molecular formula is C15H18F2N2OS. The number of hydrogen-bond acceptors (Lipinski definition) is 3. The number of alkyl halides is 2. The lowest BCUT2D eigenvalue weighted by Gasteiger charge is -2.40. The summed E-state index contributed by atoms with van der Waals surface area (Å²) in [4.78, 5) is 5.65. The Balaban J connectivity index is 1.54. The Kier molecular flexibility index (Phi) is 3.15. The Morgan fingerprint density at radius 2 is 2.33 bits per heavy atom. The van der Waals surface area contributed by atoms with Gasteiger partial charge < -0.3 is 9.30 Å². The number of nitrogens with zero attached hydrogens (tertiary/aromatic N) is 2. The van der Waals surface area contributed by atoms with Gasteiger partial charge >= 0.3 is 0 Å². The van der Waals surface area contributed by atoms with Crippen molar-refractivity contribution in [3.8, 4) is 0 Å². The van der Waals surface area contributed by atoms with E-state index in [1.165, 1.54) is 16.2 Å². The van der Waals surface area contributed by atoms with E-state index in [0.717, 1.165) is 18.6 Å². The van der Waals surface area contributed by atoms with Crippen LogP contribution in [0.25, 0.3) is 5.57 Å². The van der Waals surface area contributed by atoms with Crippen LogP contribution in [0.3, 0.4) is 0 Å². The minimum atomic E-state index is -2.48. The van der Waals surface area contributed by atoms with E-state index in [1.807, 2.05) is 24.3 Å². The molecule has 3 nitrogen and oxygen atoms in total. The molecule has 0 radical (unpaired) electrons. The van der Waals surface area contributed by atoms with Gasteiger partial charge in [-0.05, 0) is 24.3 Å². The van der Waals surface area contributed by atoms with E-state index in [-0.39, 0.29) is 30.9 Å². The Hall–Kier alpha value is -0.880. The molecule has 0 N–H and O–H groups in total. The number of methoxy groups -OCH3 is 1. The summed E-state index contributed by atoms with van der Waals surface area (Å²) < 4.78 is 34.0. The molecule has 1 fully saturated rings. The molecule has 1 aliphatic carbocycles.